The molecule has 2 nitrogen and oxygen atoms in total. The summed E-state index contributed by atoms with van der Waals surface area (Å²) in [6.07, 6.45) is 1.79. The zero-order valence-corrected chi connectivity index (χ0v) is 10.7. The average Bonchev–Trinajstić information content (AvgIpc) is 2.40. The van der Waals surface area contributed by atoms with Gasteiger partial charge in [0.25, 0.3) is 0 Å². The first kappa shape index (κ1) is 12.4. The second-order valence-electron chi connectivity index (χ2n) is 4.03. The molecule has 1 saturated heterocycles. The van der Waals surface area contributed by atoms with Crippen molar-refractivity contribution in [3.05, 3.63) is 42.0 Å². The molecule has 0 saturated carbocycles. The quantitative estimate of drug-likeness (QED) is 0.604. The number of benzene rings is 1. The summed E-state index contributed by atoms with van der Waals surface area (Å²) in [7, 11) is 0.223. The summed E-state index contributed by atoms with van der Waals surface area (Å²) < 4.78 is 5.30. The zero-order valence-electron chi connectivity index (χ0n) is 9.85. The van der Waals surface area contributed by atoms with Crippen molar-refractivity contribution in [2.75, 3.05) is 30.5 Å². The minimum Gasteiger partial charge on any atom is -0.372 e. The highest BCUT2D eigenvalue weighted by molar-refractivity contribution is 7.97. The van der Waals surface area contributed by atoms with Crippen LogP contribution in [-0.4, -0.2) is 36.3 Å². The van der Waals surface area contributed by atoms with E-state index in [1.165, 1.54) is 0 Å². The summed E-state index contributed by atoms with van der Waals surface area (Å²) >= 11 is 0. The van der Waals surface area contributed by atoms with Crippen LogP contribution in [-0.2, 0) is 15.6 Å². The number of ether oxygens (including phenoxy) is 1. The molecule has 2 rings (SSSR count). The second kappa shape index (κ2) is 6.03. The van der Waals surface area contributed by atoms with Crippen LogP contribution >= 0.6 is 0 Å². The van der Waals surface area contributed by atoms with Gasteiger partial charge in [-0.15, -0.1) is 0 Å². The molecule has 1 fully saturated rings. The summed E-state index contributed by atoms with van der Waals surface area (Å²) in [5.41, 5.74) is 1.87. The van der Waals surface area contributed by atoms with E-state index in [2.05, 4.69) is 6.58 Å². The molecule has 0 unspecified atom stereocenters. The Labute approximate surface area is 105 Å². The molecule has 0 aromatic heterocycles. The second-order valence-corrected chi connectivity index (χ2v) is 6.36. The lowest BCUT2D eigenvalue weighted by Gasteiger charge is -2.13. The van der Waals surface area contributed by atoms with Crippen LogP contribution in [0.25, 0.3) is 6.08 Å². The van der Waals surface area contributed by atoms with Crippen LogP contribution in [0.1, 0.15) is 15.9 Å². The van der Waals surface area contributed by atoms with Crippen molar-refractivity contribution in [2.45, 2.75) is 0 Å². The molecule has 17 heavy (non-hydrogen) atoms. The highest BCUT2D eigenvalue weighted by Crippen LogP contribution is 2.10. The Morgan fingerprint density at radius 2 is 1.94 bits per heavy atom. The van der Waals surface area contributed by atoms with Gasteiger partial charge in [0.2, 0.25) is 5.78 Å². The van der Waals surface area contributed by atoms with E-state index in [0.29, 0.717) is 5.75 Å². The number of carbonyl (C=O) groups is 1. The lowest BCUT2D eigenvalue weighted by molar-refractivity contribution is 0.102. The average molecular weight is 249 g/mol. The van der Waals surface area contributed by atoms with Gasteiger partial charge in [-0.1, -0.05) is 36.9 Å². The van der Waals surface area contributed by atoms with E-state index in [1.54, 1.807) is 6.08 Å². The number of ketones is 1. The molecule has 1 aromatic rings. The molecule has 0 spiro atoms. The predicted molar refractivity (Wildman–Crippen MR) is 73.6 cm³/mol. The molecule has 1 heterocycles. The topological polar surface area (TPSA) is 26.3 Å². The third kappa shape index (κ3) is 3.45. The fourth-order valence-corrected chi connectivity index (χ4v) is 3.51. The van der Waals surface area contributed by atoms with Crippen LogP contribution in [0.4, 0.5) is 0 Å². The summed E-state index contributed by atoms with van der Waals surface area (Å²) in [6, 6.07) is 7.66. The van der Waals surface area contributed by atoms with E-state index in [0.717, 1.165) is 35.8 Å². The Hall–Kier alpha value is -1.06. The van der Waals surface area contributed by atoms with Gasteiger partial charge in [-0.3, -0.25) is 4.79 Å². The van der Waals surface area contributed by atoms with Gasteiger partial charge < -0.3 is 4.74 Å². The summed E-state index contributed by atoms with van der Waals surface area (Å²) in [5, 5.41) is 0. The van der Waals surface area contributed by atoms with Crippen molar-refractivity contribution in [1.82, 2.24) is 0 Å². The monoisotopic (exact) mass is 249 g/mol. The lowest BCUT2D eigenvalue weighted by Crippen LogP contribution is -2.31. The smallest absolute Gasteiger partial charge is 0.211 e. The van der Waals surface area contributed by atoms with Crippen LogP contribution in [0.2, 0.25) is 0 Å². The molecule has 0 bridgehead atoms. The van der Waals surface area contributed by atoms with Gasteiger partial charge >= 0.3 is 0 Å². The normalized spacial score (nSPS) is 16.7. The fourth-order valence-electron chi connectivity index (χ4n) is 1.78. The van der Waals surface area contributed by atoms with Gasteiger partial charge in [0, 0.05) is 16.5 Å². The fraction of sp³-hybridized carbons (Fsp3) is 0.357. The van der Waals surface area contributed by atoms with Crippen molar-refractivity contribution in [3.8, 4) is 0 Å². The molecule has 0 atom stereocenters. The number of Topliss-reactive ketones (excluding diaryl/α,β-unsaturated/α-hetero) is 1. The largest absolute Gasteiger partial charge is 0.372 e. The van der Waals surface area contributed by atoms with Crippen molar-refractivity contribution >= 4 is 22.8 Å². The van der Waals surface area contributed by atoms with Gasteiger partial charge in [0.05, 0.1) is 13.2 Å². The minimum atomic E-state index is 0.223. The Kier molecular flexibility index (Phi) is 4.40. The Morgan fingerprint density at radius 1 is 1.29 bits per heavy atom. The van der Waals surface area contributed by atoms with E-state index in [9.17, 15) is 4.79 Å². The van der Waals surface area contributed by atoms with Crippen LogP contribution in [0.5, 0.6) is 0 Å². The standard InChI is InChI=1S/C14H17O2S/c1-2-12-3-5-13(6-4-12)14(15)11-17-9-7-16-8-10-17/h2-6H,1,7-11H2/q+1. The van der Waals surface area contributed by atoms with Crippen molar-refractivity contribution in [3.63, 3.8) is 0 Å². The SMILES string of the molecule is C=Cc1ccc(C(=O)C[S+]2CCOCC2)cc1. The maximum Gasteiger partial charge on any atom is 0.211 e. The number of hydrogen-bond donors (Lipinski definition) is 0. The highest BCUT2D eigenvalue weighted by atomic mass is 32.2. The van der Waals surface area contributed by atoms with Gasteiger partial charge in [-0.2, -0.15) is 0 Å². The van der Waals surface area contributed by atoms with Crippen molar-refractivity contribution in [2.24, 2.45) is 0 Å². The van der Waals surface area contributed by atoms with Crippen LogP contribution in [0.15, 0.2) is 30.8 Å². The molecular weight excluding hydrogens is 232 g/mol. The van der Waals surface area contributed by atoms with Gasteiger partial charge in [-0.05, 0) is 5.56 Å². The Bertz CT molecular complexity index is 391. The molecule has 0 radical (unpaired) electrons. The predicted octanol–water partition coefficient (Wildman–Crippen LogP) is 2.16. The van der Waals surface area contributed by atoms with E-state index in [4.69, 9.17) is 4.74 Å². The van der Waals surface area contributed by atoms with Crippen LogP contribution in [0.3, 0.4) is 0 Å². The van der Waals surface area contributed by atoms with Crippen LogP contribution in [0, 0.1) is 0 Å². The first-order chi connectivity index (χ1) is 8.29. The van der Waals surface area contributed by atoms with E-state index in [-0.39, 0.29) is 16.7 Å². The molecular formula is C14H17O2S+. The highest BCUT2D eigenvalue weighted by Gasteiger charge is 2.25. The number of hydrogen-bond acceptors (Lipinski definition) is 2. The molecule has 0 amide bonds. The summed E-state index contributed by atoms with van der Waals surface area (Å²) in [4.78, 5) is 12.1. The lowest BCUT2D eigenvalue weighted by atomic mass is 10.1. The van der Waals surface area contributed by atoms with Gasteiger partial charge in [0.1, 0.15) is 11.5 Å². The molecule has 1 aromatic carbocycles. The van der Waals surface area contributed by atoms with Crippen molar-refractivity contribution in [1.29, 1.82) is 0 Å². The zero-order chi connectivity index (χ0) is 12.1. The molecule has 0 aliphatic carbocycles. The first-order valence-corrected chi connectivity index (χ1v) is 7.50. The Balaban J connectivity index is 1.95. The Morgan fingerprint density at radius 3 is 2.53 bits per heavy atom. The minimum absolute atomic E-state index is 0.223. The number of rotatable bonds is 4. The molecule has 0 N–H and O–H groups in total. The third-order valence-electron chi connectivity index (χ3n) is 2.84. The maximum atomic E-state index is 12.1. The maximum absolute atomic E-state index is 12.1. The van der Waals surface area contributed by atoms with Crippen LogP contribution < -0.4 is 0 Å². The van der Waals surface area contributed by atoms with E-state index < -0.39 is 0 Å². The molecule has 3 heteroatoms. The summed E-state index contributed by atoms with van der Waals surface area (Å²) in [5.74, 6) is 3.01. The van der Waals surface area contributed by atoms with E-state index >= 15 is 0 Å². The summed E-state index contributed by atoms with van der Waals surface area (Å²) in [6.45, 7) is 5.32. The number of carbonyl (C=O) groups excluding carboxylic acids is 1. The van der Waals surface area contributed by atoms with Gasteiger partial charge in [0.15, 0.2) is 5.75 Å². The van der Waals surface area contributed by atoms with Crippen molar-refractivity contribution < 1.29 is 9.53 Å². The van der Waals surface area contributed by atoms with E-state index in [1.807, 2.05) is 24.3 Å². The van der Waals surface area contributed by atoms with Gasteiger partial charge in [-0.25, -0.2) is 0 Å². The first-order valence-electron chi connectivity index (χ1n) is 5.77. The molecule has 90 valence electrons. The molecule has 1 aliphatic heterocycles. The third-order valence-corrected chi connectivity index (χ3v) is 4.99. The molecule has 1 aliphatic rings.